The highest BCUT2D eigenvalue weighted by Crippen LogP contribution is 2.15. The van der Waals surface area contributed by atoms with Gasteiger partial charge in [-0.05, 0) is 70.6 Å². The Balaban J connectivity index is 4.39. The van der Waals surface area contributed by atoms with E-state index in [0.29, 0.717) is 19.3 Å². The van der Waals surface area contributed by atoms with Crippen LogP contribution in [0.1, 0.15) is 278 Å². The largest absolute Gasteiger partial charge is 0.462 e. The quantitative estimate of drug-likeness (QED) is 0.0199. The van der Waals surface area contributed by atoms with Gasteiger partial charge in [-0.15, -0.1) is 0 Å². The van der Waals surface area contributed by atoms with E-state index in [-0.39, 0.29) is 31.1 Å². The Bertz CT molecular complexity index is 1110. The number of carbonyl (C=O) groups is 3. The van der Waals surface area contributed by atoms with Crippen molar-refractivity contribution in [2.45, 2.75) is 284 Å². The van der Waals surface area contributed by atoms with Crippen LogP contribution in [0.3, 0.4) is 0 Å². The molecule has 0 fully saturated rings. The van der Waals surface area contributed by atoms with Crippen molar-refractivity contribution in [3.8, 4) is 0 Å². The van der Waals surface area contributed by atoms with Crippen molar-refractivity contribution in [1.82, 2.24) is 0 Å². The Morgan fingerprint density at radius 1 is 0.317 bits per heavy atom. The van der Waals surface area contributed by atoms with Gasteiger partial charge in [-0.3, -0.25) is 14.4 Å². The van der Waals surface area contributed by atoms with E-state index in [4.69, 9.17) is 14.2 Å². The van der Waals surface area contributed by atoms with Gasteiger partial charge < -0.3 is 14.2 Å². The molecule has 6 heteroatoms. The first-order valence-electron chi connectivity index (χ1n) is 27.2. The zero-order valence-corrected chi connectivity index (χ0v) is 41.8. The molecule has 0 aliphatic heterocycles. The molecule has 0 bridgehead atoms. The van der Waals surface area contributed by atoms with E-state index in [2.05, 4.69) is 69.4 Å². The highest BCUT2D eigenvalue weighted by atomic mass is 16.6. The molecule has 0 rings (SSSR count). The molecule has 6 nitrogen and oxygen atoms in total. The maximum absolute atomic E-state index is 12.8. The number of carbonyl (C=O) groups excluding carboxylic acids is 3. The molecule has 366 valence electrons. The Kier molecular flexibility index (Phi) is 49.8. The van der Waals surface area contributed by atoms with Crippen LogP contribution in [-0.4, -0.2) is 37.2 Å². The lowest BCUT2D eigenvalue weighted by molar-refractivity contribution is -0.167. The number of rotatable bonds is 49. The molecule has 0 aliphatic carbocycles. The summed E-state index contributed by atoms with van der Waals surface area (Å²) < 4.78 is 16.8. The Hall–Kier alpha value is -2.63. The molecular weight excluding hydrogens is 781 g/mol. The van der Waals surface area contributed by atoms with Crippen molar-refractivity contribution >= 4 is 17.9 Å². The highest BCUT2D eigenvalue weighted by molar-refractivity contribution is 5.71. The van der Waals surface area contributed by atoms with Crippen LogP contribution < -0.4 is 0 Å². The number of hydrogen-bond acceptors (Lipinski definition) is 6. The summed E-state index contributed by atoms with van der Waals surface area (Å²) in [4.78, 5) is 38.0. The van der Waals surface area contributed by atoms with Crippen LogP contribution in [0.15, 0.2) is 48.6 Å². The molecule has 0 aromatic rings. The van der Waals surface area contributed by atoms with E-state index >= 15 is 0 Å². The predicted octanol–water partition coefficient (Wildman–Crippen LogP) is 17.9. The molecule has 0 amide bonds. The smallest absolute Gasteiger partial charge is 0.306 e. The van der Waals surface area contributed by atoms with Crippen molar-refractivity contribution in [2.75, 3.05) is 13.2 Å². The van der Waals surface area contributed by atoms with Gasteiger partial charge in [0, 0.05) is 19.3 Å². The lowest BCUT2D eigenvalue weighted by Crippen LogP contribution is -2.30. The summed E-state index contributed by atoms with van der Waals surface area (Å²) in [6.45, 7) is 6.61. The molecule has 1 atom stereocenters. The van der Waals surface area contributed by atoms with Gasteiger partial charge in [0.2, 0.25) is 0 Å². The fraction of sp³-hybridized carbons (Fsp3) is 0.807. The van der Waals surface area contributed by atoms with Crippen molar-refractivity contribution in [3.05, 3.63) is 48.6 Å². The number of unbranched alkanes of at least 4 members (excludes halogenated alkanes) is 32. The Morgan fingerprint density at radius 3 is 0.921 bits per heavy atom. The van der Waals surface area contributed by atoms with Crippen LogP contribution in [0.4, 0.5) is 0 Å². The van der Waals surface area contributed by atoms with Gasteiger partial charge >= 0.3 is 17.9 Å². The maximum atomic E-state index is 12.8. The fourth-order valence-electron chi connectivity index (χ4n) is 7.73. The molecule has 0 saturated carbocycles. The first kappa shape index (κ1) is 60.4. The number of esters is 3. The lowest BCUT2D eigenvalue weighted by Gasteiger charge is -2.18. The maximum Gasteiger partial charge on any atom is 0.306 e. The van der Waals surface area contributed by atoms with Crippen molar-refractivity contribution in [3.63, 3.8) is 0 Å². The summed E-state index contributed by atoms with van der Waals surface area (Å²) in [5.41, 5.74) is 0. The number of hydrogen-bond donors (Lipinski definition) is 0. The molecular formula is C57H102O6. The van der Waals surface area contributed by atoms with E-state index < -0.39 is 6.10 Å². The minimum atomic E-state index is -0.783. The van der Waals surface area contributed by atoms with Crippen molar-refractivity contribution in [2.24, 2.45) is 0 Å². The second-order valence-electron chi connectivity index (χ2n) is 18.2. The first-order valence-corrected chi connectivity index (χ1v) is 27.2. The first-order chi connectivity index (χ1) is 31.0. The second-order valence-corrected chi connectivity index (χ2v) is 18.2. The standard InChI is InChI=1S/C57H102O6/c1-4-7-10-13-16-19-22-24-26-28-29-31-32-35-38-41-44-47-50-56(59)62-53-54(52-61-55(58)49-46-43-40-37-34-21-18-15-12-9-6-3)63-57(60)51-48-45-42-39-36-33-30-27-25-23-20-17-14-11-8-5-2/h22,24,26-31,54H,4-21,23,25,32-53H2,1-3H3/b24-22-,28-26-,30-27-,31-29-. The molecule has 63 heavy (non-hydrogen) atoms. The second kappa shape index (κ2) is 52.0. The molecule has 0 aromatic carbocycles. The zero-order valence-electron chi connectivity index (χ0n) is 41.8. The van der Waals surface area contributed by atoms with Crippen LogP contribution in [0.25, 0.3) is 0 Å². The minimum absolute atomic E-state index is 0.0809. The van der Waals surface area contributed by atoms with Gasteiger partial charge in [0.25, 0.3) is 0 Å². The van der Waals surface area contributed by atoms with Crippen LogP contribution in [0.2, 0.25) is 0 Å². The molecule has 0 aromatic heterocycles. The van der Waals surface area contributed by atoms with Gasteiger partial charge in [-0.1, -0.05) is 236 Å². The summed E-state index contributed by atoms with van der Waals surface area (Å²) in [5, 5.41) is 0. The fourth-order valence-corrected chi connectivity index (χ4v) is 7.73. The summed E-state index contributed by atoms with van der Waals surface area (Å²) in [5.74, 6) is -0.901. The van der Waals surface area contributed by atoms with E-state index in [1.807, 2.05) is 0 Å². The van der Waals surface area contributed by atoms with E-state index in [9.17, 15) is 14.4 Å². The predicted molar refractivity (Wildman–Crippen MR) is 270 cm³/mol. The molecule has 0 N–H and O–H groups in total. The van der Waals surface area contributed by atoms with Crippen LogP contribution in [0, 0.1) is 0 Å². The molecule has 0 heterocycles. The van der Waals surface area contributed by atoms with Crippen LogP contribution in [0.5, 0.6) is 0 Å². The van der Waals surface area contributed by atoms with Crippen LogP contribution in [-0.2, 0) is 28.6 Å². The normalized spacial score (nSPS) is 12.4. The van der Waals surface area contributed by atoms with E-state index in [0.717, 1.165) is 89.9 Å². The molecule has 0 aliphatic rings. The average molecular weight is 883 g/mol. The SMILES string of the molecule is CCCCCCC\C=C/C=C\C=C/CCCCCCCC(=O)OCC(COC(=O)CCCCCCCCCCCCC)OC(=O)CCCCCCC/C=C\CCCCCCCCC. The molecule has 0 radical (unpaired) electrons. The summed E-state index contributed by atoms with van der Waals surface area (Å²) in [7, 11) is 0. The Morgan fingerprint density at radius 2 is 0.587 bits per heavy atom. The molecule has 1 unspecified atom stereocenters. The van der Waals surface area contributed by atoms with Gasteiger partial charge in [0.1, 0.15) is 13.2 Å². The third-order valence-electron chi connectivity index (χ3n) is 11.9. The van der Waals surface area contributed by atoms with Crippen LogP contribution >= 0.6 is 0 Å². The lowest BCUT2D eigenvalue weighted by atomic mass is 10.1. The number of allylic oxidation sites excluding steroid dienone is 8. The van der Waals surface area contributed by atoms with Gasteiger partial charge in [0.15, 0.2) is 6.10 Å². The van der Waals surface area contributed by atoms with E-state index in [1.54, 1.807) is 0 Å². The van der Waals surface area contributed by atoms with Gasteiger partial charge in [-0.25, -0.2) is 0 Å². The Labute approximate surface area is 390 Å². The summed E-state index contributed by atoms with van der Waals surface area (Å²) in [6, 6.07) is 0. The zero-order chi connectivity index (χ0) is 45.8. The summed E-state index contributed by atoms with van der Waals surface area (Å²) >= 11 is 0. The van der Waals surface area contributed by atoms with Gasteiger partial charge in [-0.2, -0.15) is 0 Å². The molecule has 0 saturated heterocycles. The van der Waals surface area contributed by atoms with Crippen molar-refractivity contribution in [1.29, 1.82) is 0 Å². The average Bonchev–Trinajstić information content (AvgIpc) is 3.28. The van der Waals surface area contributed by atoms with Crippen molar-refractivity contribution < 1.29 is 28.6 Å². The highest BCUT2D eigenvalue weighted by Gasteiger charge is 2.19. The monoisotopic (exact) mass is 883 g/mol. The minimum Gasteiger partial charge on any atom is -0.462 e. The topological polar surface area (TPSA) is 78.9 Å². The summed E-state index contributed by atoms with van der Waals surface area (Å²) in [6.07, 6.45) is 62.3. The van der Waals surface area contributed by atoms with Gasteiger partial charge in [0.05, 0.1) is 0 Å². The number of ether oxygens (including phenoxy) is 3. The molecule has 0 spiro atoms. The third-order valence-corrected chi connectivity index (χ3v) is 11.9. The van der Waals surface area contributed by atoms with E-state index in [1.165, 1.54) is 148 Å². The third kappa shape index (κ3) is 50.2.